The molecule has 1 aromatic rings. The van der Waals surface area contributed by atoms with Crippen molar-refractivity contribution in [3.63, 3.8) is 0 Å². The molecular weight excluding hydrogens is 252 g/mol. The number of nitrogens with two attached hydrogens (primary N) is 1. The van der Waals surface area contributed by atoms with E-state index in [1.54, 1.807) is 6.07 Å². The third-order valence-corrected chi connectivity index (χ3v) is 3.97. The molecule has 3 N–H and O–H groups in total. The van der Waals surface area contributed by atoms with Crippen LogP contribution in [-0.2, 0) is 11.2 Å². The predicted molar refractivity (Wildman–Crippen MR) is 72.3 cm³/mol. The van der Waals surface area contributed by atoms with Gasteiger partial charge in [-0.05, 0) is 30.5 Å². The van der Waals surface area contributed by atoms with Gasteiger partial charge in [-0.3, -0.25) is 4.79 Å². The molecule has 5 heteroatoms. The Bertz CT molecular complexity index is 504. The van der Waals surface area contributed by atoms with Gasteiger partial charge in [-0.1, -0.05) is 17.7 Å². The molecule has 0 saturated carbocycles. The summed E-state index contributed by atoms with van der Waals surface area (Å²) in [7, 11) is 1.94. The van der Waals surface area contributed by atoms with Gasteiger partial charge in [0.25, 0.3) is 0 Å². The number of aliphatic carboxylic acids is 1. The Morgan fingerprint density at radius 2 is 2.22 bits per heavy atom. The molecule has 98 valence electrons. The zero-order chi connectivity index (χ0) is 13.5. The van der Waals surface area contributed by atoms with Gasteiger partial charge in [-0.15, -0.1) is 0 Å². The van der Waals surface area contributed by atoms with Crippen molar-refractivity contribution in [2.75, 3.05) is 18.5 Å². The average molecular weight is 269 g/mol. The van der Waals surface area contributed by atoms with Crippen LogP contribution in [0.3, 0.4) is 0 Å². The molecule has 1 aromatic carbocycles. The maximum atomic E-state index is 11.4. The minimum absolute atomic E-state index is 0.266. The third kappa shape index (κ3) is 2.06. The highest BCUT2D eigenvalue weighted by Crippen LogP contribution is 2.36. The number of hydrogen-bond donors (Lipinski definition) is 2. The first-order chi connectivity index (χ1) is 8.35. The van der Waals surface area contributed by atoms with Crippen molar-refractivity contribution >= 4 is 23.3 Å². The van der Waals surface area contributed by atoms with Gasteiger partial charge in [-0.2, -0.15) is 0 Å². The van der Waals surface area contributed by atoms with Crippen molar-refractivity contribution in [3.8, 4) is 0 Å². The molecule has 1 heterocycles. The third-order valence-electron chi connectivity index (χ3n) is 3.62. The first kappa shape index (κ1) is 13.2. The summed E-state index contributed by atoms with van der Waals surface area (Å²) in [6.07, 6.45) is 0.672. The zero-order valence-electron chi connectivity index (χ0n) is 10.5. The van der Waals surface area contributed by atoms with Crippen molar-refractivity contribution in [2.45, 2.75) is 25.3 Å². The second-order valence-corrected chi connectivity index (χ2v) is 5.41. The van der Waals surface area contributed by atoms with Crippen LogP contribution in [0.4, 0.5) is 5.69 Å². The summed E-state index contributed by atoms with van der Waals surface area (Å²) in [4.78, 5) is 13.4. The van der Waals surface area contributed by atoms with E-state index in [9.17, 15) is 9.90 Å². The summed E-state index contributed by atoms with van der Waals surface area (Å²) in [5.74, 6) is -0.971. The van der Waals surface area contributed by atoms with E-state index in [2.05, 4.69) is 0 Å². The standard InChI is InChI=1S/C13H17ClN2O2/c1-8-3-4-10(14)9-7-13(15,12(17)18)5-6-16(2)11(8)9/h3-4H,5-7,15H2,1-2H3,(H,17,18). The molecule has 0 amide bonds. The minimum atomic E-state index is -1.24. The van der Waals surface area contributed by atoms with Crippen LogP contribution in [0.5, 0.6) is 0 Å². The van der Waals surface area contributed by atoms with E-state index in [1.807, 2.05) is 24.9 Å². The monoisotopic (exact) mass is 268 g/mol. The quantitative estimate of drug-likeness (QED) is 0.815. The van der Waals surface area contributed by atoms with E-state index < -0.39 is 11.5 Å². The van der Waals surface area contributed by atoms with Gasteiger partial charge in [-0.25, -0.2) is 0 Å². The number of carboxylic acids is 1. The second kappa shape index (κ2) is 4.44. The average Bonchev–Trinajstić information content (AvgIpc) is 2.44. The number of aryl methyl sites for hydroxylation is 1. The van der Waals surface area contributed by atoms with Crippen LogP contribution < -0.4 is 10.6 Å². The Kier molecular flexibility index (Phi) is 3.25. The van der Waals surface area contributed by atoms with Crippen molar-refractivity contribution in [1.82, 2.24) is 0 Å². The number of fused-ring (bicyclic) bond motifs is 1. The van der Waals surface area contributed by atoms with E-state index in [0.717, 1.165) is 16.8 Å². The summed E-state index contributed by atoms with van der Waals surface area (Å²) in [5.41, 5.74) is 7.71. The summed E-state index contributed by atoms with van der Waals surface area (Å²) in [6.45, 7) is 2.60. The van der Waals surface area contributed by atoms with E-state index in [1.165, 1.54) is 0 Å². The molecule has 4 nitrogen and oxygen atoms in total. The minimum Gasteiger partial charge on any atom is -0.480 e. The molecule has 0 aromatic heterocycles. The highest BCUT2D eigenvalue weighted by Gasteiger charge is 2.38. The summed E-state index contributed by atoms with van der Waals surface area (Å²) in [6, 6.07) is 3.75. The lowest BCUT2D eigenvalue weighted by atomic mass is 9.89. The van der Waals surface area contributed by atoms with Crippen molar-refractivity contribution in [2.24, 2.45) is 5.73 Å². The molecule has 1 unspecified atom stereocenters. The number of halogens is 1. The van der Waals surface area contributed by atoms with Gasteiger partial charge >= 0.3 is 5.97 Å². The van der Waals surface area contributed by atoms with Crippen molar-refractivity contribution < 1.29 is 9.90 Å². The lowest BCUT2D eigenvalue weighted by Gasteiger charge is -2.22. The van der Waals surface area contributed by atoms with E-state index >= 15 is 0 Å². The van der Waals surface area contributed by atoms with Crippen LogP contribution in [0, 0.1) is 6.92 Å². The van der Waals surface area contributed by atoms with Gasteiger partial charge in [0.05, 0.1) is 0 Å². The lowest BCUT2D eigenvalue weighted by Crippen LogP contribution is -2.50. The van der Waals surface area contributed by atoms with Gasteiger partial charge < -0.3 is 15.7 Å². The maximum Gasteiger partial charge on any atom is 0.324 e. The van der Waals surface area contributed by atoms with Crippen molar-refractivity contribution in [3.05, 3.63) is 28.3 Å². The fourth-order valence-electron chi connectivity index (χ4n) is 2.49. The highest BCUT2D eigenvalue weighted by atomic mass is 35.5. The normalized spacial score (nSPS) is 23.4. The Balaban J connectivity index is 2.58. The molecule has 0 bridgehead atoms. The molecule has 2 rings (SSSR count). The summed E-state index contributed by atoms with van der Waals surface area (Å²) >= 11 is 6.21. The lowest BCUT2D eigenvalue weighted by molar-refractivity contribution is -0.143. The first-order valence-electron chi connectivity index (χ1n) is 5.86. The molecular formula is C13H17ClN2O2. The molecule has 1 aliphatic heterocycles. The Hall–Kier alpha value is -1.26. The molecule has 0 radical (unpaired) electrons. The molecule has 0 saturated heterocycles. The van der Waals surface area contributed by atoms with Gasteiger partial charge in [0.1, 0.15) is 5.54 Å². The fraction of sp³-hybridized carbons (Fsp3) is 0.462. The van der Waals surface area contributed by atoms with Crippen LogP contribution in [0.15, 0.2) is 12.1 Å². The number of benzene rings is 1. The molecule has 1 atom stereocenters. The Morgan fingerprint density at radius 3 is 2.83 bits per heavy atom. The fourth-order valence-corrected chi connectivity index (χ4v) is 2.71. The molecule has 1 aliphatic rings. The first-order valence-corrected chi connectivity index (χ1v) is 6.24. The van der Waals surface area contributed by atoms with E-state index in [4.69, 9.17) is 17.3 Å². The second-order valence-electron chi connectivity index (χ2n) is 5.00. The number of rotatable bonds is 1. The Labute approximate surface area is 111 Å². The molecule has 0 aliphatic carbocycles. The molecule has 18 heavy (non-hydrogen) atoms. The number of carbonyl (C=O) groups is 1. The van der Waals surface area contributed by atoms with E-state index in [-0.39, 0.29) is 6.42 Å². The summed E-state index contributed by atoms with van der Waals surface area (Å²) < 4.78 is 0. The van der Waals surface area contributed by atoms with E-state index in [0.29, 0.717) is 18.0 Å². The van der Waals surface area contributed by atoms with Crippen LogP contribution in [0.2, 0.25) is 5.02 Å². The number of anilines is 1. The van der Waals surface area contributed by atoms with Crippen LogP contribution in [0.1, 0.15) is 17.5 Å². The van der Waals surface area contributed by atoms with Crippen LogP contribution in [-0.4, -0.2) is 30.2 Å². The Morgan fingerprint density at radius 1 is 1.56 bits per heavy atom. The van der Waals surface area contributed by atoms with Crippen LogP contribution in [0.25, 0.3) is 0 Å². The molecule has 0 spiro atoms. The van der Waals surface area contributed by atoms with Crippen molar-refractivity contribution in [1.29, 1.82) is 0 Å². The summed E-state index contributed by atoms with van der Waals surface area (Å²) in [5, 5.41) is 9.89. The maximum absolute atomic E-state index is 11.4. The number of hydrogen-bond acceptors (Lipinski definition) is 3. The topological polar surface area (TPSA) is 66.6 Å². The molecule has 0 fully saturated rings. The van der Waals surface area contributed by atoms with Gasteiger partial charge in [0.2, 0.25) is 0 Å². The van der Waals surface area contributed by atoms with Gasteiger partial charge in [0.15, 0.2) is 0 Å². The smallest absolute Gasteiger partial charge is 0.324 e. The largest absolute Gasteiger partial charge is 0.480 e. The highest BCUT2D eigenvalue weighted by molar-refractivity contribution is 6.31. The van der Waals surface area contributed by atoms with Gasteiger partial charge in [0, 0.05) is 30.7 Å². The SMILES string of the molecule is Cc1ccc(Cl)c2c1N(C)CCC(N)(C(=O)O)C2. The number of carboxylic acid groups (broad SMARTS) is 1. The van der Waals surface area contributed by atoms with Crippen LogP contribution >= 0.6 is 11.6 Å². The zero-order valence-corrected chi connectivity index (χ0v) is 11.3. The number of nitrogens with zero attached hydrogens (tertiary/aromatic N) is 1. The predicted octanol–water partition coefficient (Wildman–Crippen LogP) is 1.81.